The number of rotatable bonds is 11. The summed E-state index contributed by atoms with van der Waals surface area (Å²) in [5.41, 5.74) is 1.37. The maximum absolute atomic E-state index is 12.5. The predicted octanol–water partition coefficient (Wildman–Crippen LogP) is 3.11. The molecule has 3 rings (SSSR count). The van der Waals surface area contributed by atoms with Crippen molar-refractivity contribution < 1.29 is 31.5 Å². The number of carbonyl (C=O) groups is 1. The number of amides is 1. The molecule has 10 heteroatoms. The maximum Gasteiger partial charge on any atom is 0.387 e. The second-order valence-corrected chi connectivity index (χ2v) is 8.92. The van der Waals surface area contributed by atoms with Crippen molar-refractivity contribution in [3.05, 3.63) is 59.7 Å². The Morgan fingerprint density at radius 1 is 1.16 bits per heavy atom. The number of hydrogen-bond donors (Lipinski definition) is 2. The van der Waals surface area contributed by atoms with Crippen LogP contribution in [-0.2, 0) is 21.2 Å². The zero-order chi connectivity index (χ0) is 23.1. The van der Waals surface area contributed by atoms with E-state index in [0.29, 0.717) is 17.5 Å². The molecule has 0 spiro atoms. The van der Waals surface area contributed by atoms with E-state index in [0.717, 1.165) is 12.8 Å². The van der Waals surface area contributed by atoms with E-state index < -0.39 is 16.6 Å². The largest absolute Gasteiger partial charge is 0.493 e. The normalized spacial score (nSPS) is 14.0. The van der Waals surface area contributed by atoms with Gasteiger partial charge < -0.3 is 14.8 Å². The highest BCUT2D eigenvalue weighted by Crippen LogP contribution is 2.29. The Hall–Kier alpha value is -2.98. The van der Waals surface area contributed by atoms with Gasteiger partial charge in [0.2, 0.25) is 15.9 Å². The quantitative estimate of drug-likeness (QED) is 0.497. The Labute approximate surface area is 185 Å². The van der Waals surface area contributed by atoms with Gasteiger partial charge in [0.15, 0.2) is 11.5 Å². The zero-order valence-electron chi connectivity index (χ0n) is 17.4. The molecule has 1 saturated carbocycles. The molecule has 2 aromatic rings. The van der Waals surface area contributed by atoms with E-state index in [1.165, 1.54) is 37.5 Å². The summed E-state index contributed by atoms with van der Waals surface area (Å²) in [7, 11) is -2.15. The van der Waals surface area contributed by atoms with Gasteiger partial charge in [0.25, 0.3) is 0 Å². The van der Waals surface area contributed by atoms with E-state index in [1.54, 1.807) is 24.3 Å². The van der Waals surface area contributed by atoms with Crippen molar-refractivity contribution in [1.82, 2.24) is 10.0 Å². The van der Waals surface area contributed by atoms with Crippen LogP contribution in [0.1, 0.15) is 24.0 Å². The minimum Gasteiger partial charge on any atom is -0.493 e. The highest BCUT2D eigenvalue weighted by atomic mass is 32.2. The standard InChI is InChI=1S/C22H24F2N2O5S/c1-30-19-10-4-16(14-20(19)31-22(23)24)12-13-25-21(27)11-5-15-2-8-18(9-3-15)32(28,29)26-17-6-7-17/h2-5,8-11,14,17,22,26H,6-7,12-13H2,1H3,(H,25,27)/b11-5+. The summed E-state index contributed by atoms with van der Waals surface area (Å²) in [4.78, 5) is 12.2. The van der Waals surface area contributed by atoms with Gasteiger partial charge in [0.05, 0.1) is 12.0 Å². The molecular formula is C22H24F2N2O5S. The van der Waals surface area contributed by atoms with Crippen LogP contribution in [0.4, 0.5) is 8.78 Å². The van der Waals surface area contributed by atoms with Crippen LogP contribution < -0.4 is 19.5 Å². The highest BCUT2D eigenvalue weighted by Gasteiger charge is 2.27. The number of halogens is 2. The van der Waals surface area contributed by atoms with Crippen LogP contribution in [0.25, 0.3) is 6.08 Å². The van der Waals surface area contributed by atoms with Gasteiger partial charge in [-0.3, -0.25) is 4.79 Å². The van der Waals surface area contributed by atoms with E-state index in [9.17, 15) is 22.0 Å². The Morgan fingerprint density at radius 3 is 2.50 bits per heavy atom. The monoisotopic (exact) mass is 466 g/mol. The Kier molecular flexibility index (Phi) is 7.81. The number of benzene rings is 2. The van der Waals surface area contributed by atoms with Crippen LogP contribution >= 0.6 is 0 Å². The second kappa shape index (κ2) is 10.6. The van der Waals surface area contributed by atoms with Crippen LogP contribution in [0.3, 0.4) is 0 Å². The number of nitrogens with one attached hydrogen (secondary N) is 2. The minimum absolute atomic E-state index is 0.0320. The van der Waals surface area contributed by atoms with Gasteiger partial charge in [-0.15, -0.1) is 0 Å². The molecule has 32 heavy (non-hydrogen) atoms. The van der Waals surface area contributed by atoms with Crippen LogP contribution in [0.5, 0.6) is 11.5 Å². The van der Waals surface area contributed by atoms with Crippen LogP contribution in [0, 0.1) is 0 Å². The smallest absolute Gasteiger partial charge is 0.387 e. The Morgan fingerprint density at radius 2 is 1.88 bits per heavy atom. The summed E-state index contributed by atoms with van der Waals surface area (Å²) in [6, 6.07) is 10.9. The molecule has 1 fully saturated rings. The van der Waals surface area contributed by atoms with Gasteiger partial charge >= 0.3 is 6.61 Å². The first-order valence-electron chi connectivity index (χ1n) is 9.97. The van der Waals surface area contributed by atoms with Crippen molar-refractivity contribution in [2.75, 3.05) is 13.7 Å². The molecule has 0 bridgehead atoms. The number of sulfonamides is 1. The molecule has 0 radical (unpaired) electrons. The predicted molar refractivity (Wildman–Crippen MR) is 115 cm³/mol. The Bertz CT molecular complexity index is 1070. The molecular weight excluding hydrogens is 442 g/mol. The van der Waals surface area contributed by atoms with E-state index in [-0.39, 0.29) is 34.9 Å². The van der Waals surface area contributed by atoms with Crippen LogP contribution in [0.15, 0.2) is 53.4 Å². The lowest BCUT2D eigenvalue weighted by atomic mass is 10.1. The summed E-state index contributed by atoms with van der Waals surface area (Å²) in [5, 5.41) is 2.70. The van der Waals surface area contributed by atoms with Crippen LogP contribution in [0.2, 0.25) is 0 Å². The van der Waals surface area contributed by atoms with Crippen molar-refractivity contribution in [3.63, 3.8) is 0 Å². The molecule has 0 atom stereocenters. The van der Waals surface area contributed by atoms with Crippen LogP contribution in [-0.4, -0.2) is 40.6 Å². The lowest BCUT2D eigenvalue weighted by Gasteiger charge is -2.11. The van der Waals surface area contributed by atoms with Crippen molar-refractivity contribution in [1.29, 1.82) is 0 Å². The summed E-state index contributed by atoms with van der Waals surface area (Å²) in [5.74, 6) is -0.207. The third kappa shape index (κ3) is 7.03. The number of carbonyl (C=O) groups excluding carboxylic acids is 1. The van der Waals surface area contributed by atoms with E-state index in [2.05, 4.69) is 14.8 Å². The topological polar surface area (TPSA) is 93.7 Å². The number of hydrogen-bond acceptors (Lipinski definition) is 5. The van der Waals surface area contributed by atoms with E-state index >= 15 is 0 Å². The first-order valence-corrected chi connectivity index (χ1v) is 11.4. The van der Waals surface area contributed by atoms with Gasteiger partial charge in [-0.25, -0.2) is 13.1 Å². The van der Waals surface area contributed by atoms with Gasteiger partial charge in [0.1, 0.15) is 0 Å². The van der Waals surface area contributed by atoms with Crippen molar-refractivity contribution in [2.45, 2.75) is 36.8 Å². The summed E-state index contributed by atoms with van der Waals surface area (Å²) < 4.78 is 61.4. The molecule has 2 N–H and O–H groups in total. The lowest BCUT2D eigenvalue weighted by molar-refractivity contribution is -0.116. The van der Waals surface area contributed by atoms with Gasteiger partial charge in [-0.1, -0.05) is 18.2 Å². The SMILES string of the molecule is COc1ccc(CCNC(=O)/C=C/c2ccc(S(=O)(=O)NC3CC3)cc2)cc1OC(F)F. The summed E-state index contributed by atoms with van der Waals surface area (Å²) in [6.07, 6.45) is 5.04. The first-order chi connectivity index (χ1) is 15.3. The summed E-state index contributed by atoms with van der Waals surface area (Å²) >= 11 is 0. The molecule has 2 aromatic carbocycles. The minimum atomic E-state index is -3.51. The van der Waals surface area contributed by atoms with Crippen molar-refractivity contribution in [2.24, 2.45) is 0 Å². The van der Waals surface area contributed by atoms with Crippen molar-refractivity contribution in [3.8, 4) is 11.5 Å². The third-order valence-corrected chi connectivity index (χ3v) is 6.21. The fourth-order valence-electron chi connectivity index (χ4n) is 2.87. The third-order valence-electron chi connectivity index (χ3n) is 4.67. The summed E-state index contributed by atoms with van der Waals surface area (Å²) in [6.45, 7) is -2.68. The van der Waals surface area contributed by atoms with Gasteiger partial charge in [-0.05, 0) is 60.7 Å². The molecule has 1 amide bonds. The molecule has 0 aromatic heterocycles. The lowest BCUT2D eigenvalue weighted by Crippen LogP contribution is -2.25. The number of methoxy groups -OCH3 is 1. The van der Waals surface area contributed by atoms with E-state index in [1.807, 2.05) is 0 Å². The fourth-order valence-corrected chi connectivity index (χ4v) is 4.18. The maximum atomic E-state index is 12.5. The molecule has 1 aliphatic rings. The van der Waals surface area contributed by atoms with Gasteiger partial charge in [-0.2, -0.15) is 8.78 Å². The molecule has 0 aliphatic heterocycles. The van der Waals surface area contributed by atoms with Gasteiger partial charge in [0, 0.05) is 18.7 Å². The molecule has 0 unspecified atom stereocenters. The molecule has 1 aliphatic carbocycles. The fraction of sp³-hybridized carbons (Fsp3) is 0.318. The number of alkyl halides is 2. The molecule has 0 saturated heterocycles. The van der Waals surface area contributed by atoms with E-state index in [4.69, 9.17) is 4.74 Å². The molecule has 172 valence electrons. The molecule has 7 nitrogen and oxygen atoms in total. The molecule has 0 heterocycles. The highest BCUT2D eigenvalue weighted by molar-refractivity contribution is 7.89. The number of ether oxygens (including phenoxy) is 2. The first kappa shape index (κ1) is 23.7. The Balaban J connectivity index is 1.49. The second-order valence-electron chi connectivity index (χ2n) is 7.20. The van der Waals surface area contributed by atoms with Crippen molar-refractivity contribution >= 4 is 22.0 Å². The average molecular weight is 467 g/mol. The zero-order valence-corrected chi connectivity index (χ0v) is 18.2. The average Bonchev–Trinajstić information content (AvgIpc) is 3.56.